The average Bonchev–Trinajstić information content (AvgIpc) is 3.04. The molecule has 0 bridgehead atoms. The Morgan fingerprint density at radius 1 is 0.692 bits per heavy atom. The molecule has 0 unspecified atom stereocenters. The maximum absolute atomic E-state index is 13.0. The van der Waals surface area contributed by atoms with E-state index in [-0.39, 0.29) is 21.8 Å². The number of rotatable bonds is 12. The van der Waals surface area contributed by atoms with Gasteiger partial charge >= 0.3 is 11.1 Å². The average molecular weight is 754 g/mol. The summed E-state index contributed by atoms with van der Waals surface area (Å²) in [4.78, 5) is 27.1. The van der Waals surface area contributed by atoms with Gasteiger partial charge in [0.1, 0.15) is 0 Å². The molecule has 11 nitrogen and oxygen atoms in total. The third-order valence-corrected chi connectivity index (χ3v) is 9.59. The van der Waals surface area contributed by atoms with E-state index < -0.39 is 21.1 Å². The lowest BCUT2D eigenvalue weighted by molar-refractivity contribution is 0.270. The molecule has 2 heterocycles. The highest BCUT2D eigenvalue weighted by Crippen LogP contribution is 2.30. The maximum Gasteiger partial charge on any atom is 0.310 e. The third kappa shape index (κ3) is 11.5. The first-order valence-electron chi connectivity index (χ1n) is 17.4. The van der Waals surface area contributed by atoms with Gasteiger partial charge in [-0.25, -0.2) is 22.9 Å². The minimum atomic E-state index is -3.78. The number of nitrogens with zero attached hydrogens (tertiary/aromatic N) is 4. The van der Waals surface area contributed by atoms with Crippen molar-refractivity contribution in [3.8, 4) is 33.8 Å². The van der Waals surface area contributed by atoms with Crippen LogP contribution in [0.3, 0.4) is 0 Å². The van der Waals surface area contributed by atoms with Gasteiger partial charge in [-0.2, -0.15) is 10.2 Å². The van der Waals surface area contributed by atoms with Gasteiger partial charge in [0, 0.05) is 16.0 Å². The molecule has 52 heavy (non-hydrogen) atoms. The number of ether oxygens (including phenoxy) is 2. The van der Waals surface area contributed by atoms with Crippen molar-refractivity contribution in [1.29, 1.82) is 0 Å². The summed E-state index contributed by atoms with van der Waals surface area (Å²) in [6.45, 7) is 20.9. The van der Waals surface area contributed by atoms with Gasteiger partial charge in [-0.3, -0.25) is 9.59 Å². The van der Waals surface area contributed by atoms with E-state index in [1.165, 1.54) is 26.4 Å². The molecule has 2 N–H and O–H groups in total. The van der Waals surface area contributed by atoms with Gasteiger partial charge in [-0.1, -0.05) is 52.0 Å². The molecule has 0 aliphatic heterocycles. The van der Waals surface area contributed by atoms with Crippen LogP contribution in [0.4, 0.5) is 0 Å². The number of nitrogens with two attached hydrogens (primary N) is 1. The predicted molar refractivity (Wildman–Crippen MR) is 211 cm³/mol. The largest absolute Gasteiger partial charge is 0.487 e. The Kier molecular flexibility index (Phi) is 14.5. The summed E-state index contributed by atoms with van der Waals surface area (Å²) >= 11 is 1.69. The first kappa shape index (κ1) is 42.5. The van der Waals surface area contributed by atoms with Gasteiger partial charge in [-0.05, 0) is 108 Å². The second kappa shape index (κ2) is 17.7. The zero-order valence-corrected chi connectivity index (χ0v) is 34.0. The van der Waals surface area contributed by atoms with Crippen LogP contribution >= 0.6 is 11.8 Å². The highest BCUT2D eigenvalue weighted by atomic mass is 32.2. The van der Waals surface area contributed by atoms with E-state index in [1.807, 2.05) is 72.1 Å². The van der Waals surface area contributed by atoms with E-state index in [0.29, 0.717) is 41.9 Å². The van der Waals surface area contributed by atoms with Crippen LogP contribution in [0.2, 0.25) is 0 Å². The number of hydrogen-bond donors (Lipinski definition) is 1. The van der Waals surface area contributed by atoms with E-state index in [2.05, 4.69) is 37.9 Å². The Balaban J connectivity index is 0.000000281. The lowest BCUT2D eigenvalue weighted by Crippen LogP contribution is -2.36. The molecule has 0 amide bonds. The second-order valence-corrected chi connectivity index (χ2v) is 17.9. The quantitative estimate of drug-likeness (QED) is 0.145. The van der Waals surface area contributed by atoms with Gasteiger partial charge in [0.25, 0.3) is 0 Å². The summed E-state index contributed by atoms with van der Waals surface area (Å²) in [5.74, 6) is 1.57. The van der Waals surface area contributed by atoms with Crippen molar-refractivity contribution in [2.75, 3.05) is 19.5 Å². The number of benzene rings is 2. The summed E-state index contributed by atoms with van der Waals surface area (Å²) in [5, 5.41) is 13.8. The van der Waals surface area contributed by atoms with E-state index in [1.54, 1.807) is 36.3 Å². The van der Waals surface area contributed by atoms with Crippen molar-refractivity contribution >= 4 is 21.8 Å². The fourth-order valence-corrected chi connectivity index (χ4v) is 5.83. The lowest BCUT2D eigenvalue weighted by Gasteiger charge is -2.22. The highest BCUT2D eigenvalue weighted by molar-refractivity contribution is 7.98. The van der Waals surface area contributed by atoms with Crippen molar-refractivity contribution in [1.82, 2.24) is 19.6 Å². The van der Waals surface area contributed by atoms with Gasteiger partial charge < -0.3 is 9.47 Å². The Hall–Kier alpha value is -3.94. The molecule has 2 aromatic carbocycles. The van der Waals surface area contributed by atoms with Crippen molar-refractivity contribution in [3.05, 3.63) is 81.6 Å². The van der Waals surface area contributed by atoms with E-state index >= 15 is 0 Å². The Bertz CT molecular complexity index is 2010. The number of aromatic nitrogens is 4. The van der Waals surface area contributed by atoms with Crippen LogP contribution < -0.4 is 25.7 Å². The van der Waals surface area contributed by atoms with Gasteiger partial charge in [0.15, 0.2) is 11.5 Å². The molecule has 0 aliphatic carbocycles. The molecular weight excluding hydrogens is 699 g/mol. The molecule has 4 aromatic rings. The fraction of sp³-hybridized carbons (Fsp3) is 0.487. The van der Waals surface area contributed by atoms with Gasteiger partial charge in [-0.15, -0.1) is 11.8 Å². The van der Waals surface area contributed by atoms with Crippen molar-refractivity contribution in [2.45, 2.75) is 103 Å². The smallest absolute Gasteiger partial charge is 0.310 e. The first-order valence-corrected chi connectivity index (χ1v) is 20.2. The highest BCUT2D eigenvalue weighted by Gasteiger charge is 2.24. The predicted octanol–water partition coefficient (Wildman–Crippen LogP) is 7.55. The molecule has 13 heteroatoms. The fourth-order valence-electron chi connectivity index (χ4n) is 4.91. The molecule has 284 valence electrons. The molecular formula is C39H55N5O6S2. The van der Waals surface area contributed by atoms with Crippen LogP contribution in [0.15, 0.2) is 80.3 Å². The molecule has 0 fully saturated rings. The summed E-state index contributed by atoms with van der Waals surface area (Å²) in [5.41, 5.74) is 1.46. The minimum Gasteiger partial charge on any atom is -0.487 e. The van der Waals surface area contributed by atoms with E-state index in [4.69, 9.17) is 14.6 Å². The molecule has 0 aliphatic rings. The zero-order valence-electron chi connectivity index (χ0n) is 32.4. The topological polar surface area (TPSA) is 148 Å². The second-order valence-electron chi connectivity index (χ2n) is 15.4. The molecule has 0 saturated heterocycles. The zero-order chi connectivity index (χ0) is 39.0. The normalized spacial score (nSPS) is 12.1. The van der Waals surface area contributed by atoms with Gasteiger partial charge in [0.05, 0.1) is 41.6 Å². The molecule has 2 aromatic heterocycles. The molecule has 0 atom stereocenters. The van der Waals surface area contributed by atoms with Crippen LogP contribution in [0, 0.1) is 11.8 Å². The van der Waals surface area contributed by atoms with Crippen LogP contribution in [-0.2, 0) is 21.1 Å². The van der Waals surface area contributed by atoms with E-state index in [9.17, 15) is 18.0 Å². The molecule has 0 saturated carbocycles. The van der Waals surface area contributed by atoms with E-state index in [0.717, 1.165) is 24.0 Å². The Morgan fingerprint density at radius 2 is 1.06 bits per heavy atom. The van der Waals surface area contributed by atoms with Crippen LogP contribution in [0.5, 0.6) is 11.5 Å². The number of sulfonamides is 1. The van der Waals surface area contributed by atoms with Crippen LogP contribution in [0.1, 0.15) is 82.1 Å². The Labute approximate surface area is 313 Å². The summed E-state index contributed by atoms with van der Waals surface area (Å²) in [6.07, 6.45) is 7.07. The SMILES string of the molecule is CC(C)CCOc1c(-c2ccc(S(N)(=O)=O)cc2)cnn(C(C)(C)C)c1=O.CSc1ccc(-c2cnn(C(C)(C)C)c(=O)c2OCCC(C)C)cc1. The maximum atomic E-state index is 13.0. The van der Waals surface area contributed by atoms with Crippen molar-refractivity contribution in [2.24, 2.45) is 17.0 Å². The van der Waals surface area contributed by atoms with Crippen molar-refractivity contribution in [3.63, 3.8) is 0 Å². The van der Waals surface area contributed by atoms with Gasteiger partial charge in [0.2, 0.25) is 10.0 Å². The molecule has 4 rings (SSSR count). The van der Waals surface area contributed by atoms with Crippen LogP contribution in [-0.4, -0.2) is 47.4 Å². The first-order chi connectivity index (χ1) is 24.1. The summed E-state index contributed by atoms with van der Waals surface area (Å²) in [7, 11) is -3.78. The van der Waals surface area contributed by atoms with Crippen molar-refractivity contribution < 1.29 is 17.9 Å². The summed E-state index contributed by atoms with van der Waals surface area (Å²) in [6, 6.07) is 14.1. The number of thioether (sulfide) groups is 1. The lowest BCUT2D eigenvalue weighted by atomic mass is 10.1. The Morgan fingerprint density at radius 3 is 1.37 bits per heavy atom. The third-order valence-electron chi connectivity index (χ3n) is 7.92. The van der Waals surface area contributed by atoms with Crippen LogP contribution in [0.25, 0.3) is 22.3 Å². The monoisotopic (exact) mass is 753 g/mol. The number of primary sulfonamides is 1. The molecule has 0 spiro atoms. The standard InChI is InChI=1S/C20H28N2O2S.C19H27N3O4S/c1-14(2)11-12-24-18-17(15-7-9-16(25-6)10-8-15)13-21-22(19(18)23)20(3,4)5;1-13(2)10-11-26-17-16(12-21-22(18(17)23)19(3,4)5)14-6-8-15(9-7-14)27(20,24)25/h7-10,13-14H,11-12H2,1-6H3;6-9,12-13H,10-11H2,1-5H3,(H2,20,24,25). The number of hydrogen-bond acceptors (Lipinski definition) is 9. The molecule has 0 radical (unpaired) electrons. The minimum absolute atomic E-state index is 0.00418. The summed E-state index contributed by atoms with van der Waals surface area (Å²) < 4.78 is 37.6.